The van der Waals surface area contributed by atoms with E-state index in [-0.39, 0.29) is 22.8 Å². The van der Waals surface area contributed by atoms with Crippen LogP contribution in [0.4, 0.5) is 23.8 Å². The van der Waals surface area contributed by atoms with E-state index >= 15 is 0 Å². The molecular formula is C23H21F3N8O3S. The number of urea groups is 1. The summed E-state index contributed by atoms with van der Waals surface area (Å²) < 4.78 is 51.1. The highest BCUT2D eigenvalue weighted by atomic mass is 32.1. The molecule has 0 spiro atoms. The molecule has 198 valence electrons. The fourth-order valence-corrected chi connectivity index (χ4v) is 4.55. The predicted molar refractivity (Wildman–Crippen MR) is 131 cm³/mol. The Kier molecular flexibility index (Phi) is 7.31. The summed E-state index contributed by atoms with van der Waals surface area (Å²) in [4.78, 5) is 24.4. The van der Waals surface area contributed by atoms with Gasteiger partial charge < -0.3 is 19.8 Å². The topological polar surface area (TPSA) is 140 Å². The van der Waals surface area contributed by atoms with Crippen LogP contribution in [0.3, 0.4) is 0 Å². The SMILES string of the molecule is CCNC(=O)Nc1cc(-c2nc(C(F)(F)F)cs2)c(-c2ccnc(-c3nnc([C@@H]4COCCN4)o3)c2)cn1. The minimum atomic E-state index is -4.60. The number of halogens is 3. The first-order chi connectivity index (χ1) is 18.3. The number of aromatic nitrogens is 5. The number of nitrogens with zero attached hydrogens (tertiary/aromatic N) is 5. The Labute approximate surface area is 217 Å². The first-order valence-electron chi connectivity index (χ1n) is 11.5. The zero-order chi connectivity index (χ0) is 26.7. The third-order valence-electron chi connectivity index (χ3n) is 5.46. The van der Waals surface area contributed by atoms with Crippen LogP contribution in [-0.2, 0) is 10.9 Å². The fraction of sp³-hybridized carbons (Fsp3) is 0.304. The molecule has 4 aromatic rings. The Morgan fingerprint density at radius 1 is 1.24 bits per heavy atom. The number of pyridine rings is 2. The van der Waals surface area contributed by atoms with Crippen LogP contribution in [0.1, 0.15) is 24.6 Å². The summed E-state index contributed by atoms with van der Waals surface area (Å²) in [5, 5.41) is 17.6. The Balaban J connectivity index is 1.52. The van der Waals surface area contributed by atoms with Gasteiger partial charge in [-0.25, -0.2) is 14.8 Å². The molecule has 0 aromatic carbocycles. The number of anilines is 1. The van der Waals surface area contributed by atoms with E-state index in [4.69, 9.17) is 9.15 Å². The summed E-state index contributed by atoms with van der Waals surface area (Å²) in [5.74, 6) is 0.681. The molecule has 0 bridgehead atoms. The number of morpholine rings is 1. The molecule has 15 heteroatoms. The largest absolute Gasteiger partial charge is 0.434 e. The van der Waals surface area contributed by atoms with Gasteiger partial charge in [-0.1, -0.05) is 0 Å². The van der Waals surface area contributed by atoms with Crippen molar-refractivity contribution < 1.29 is 27.1 Å². The lowest BCUT2D eigenvalue weighted by molar-refractivity contribution is -0.140. The van der Waals surface area contributed by atoms with Crippen LogP contribution in [0.25, 0.3) is 33.3 Å². The van der Waals surface area contributed by atoms with Gasteiger partial charge in [0.1, 0.15) is 22.6 Å². The normalized spacial score (nSPS) is 15.8. The lowest BCUT2D eigenvalue weighted by Crippen LogP contribution is -2.34. The standard InChI is InChI=1S/C23H21F3N8O3S/c1-2-27-22(35)32-18-8-13(21-31-17(11-38-21)23(24,25)26)14(9-30-18)12-3-4-28-15(7-12)19-33-34-20(37-19)16-10-36-6-5-29-16/h3-4,7-9,11,16,29H,2,5-6,10H2,1H3,(H2,27,30,32,35)/t16-/m0/s1. The van der Waals surface area contributed by atoms with E-state index in [0.29, 0.717) is 54.6 Å². The number of amides is 2. The fourth-order valence-electron chi connectivity index (χ4n) is 3.70. The van der Waals surface area contributed by atoms with Gasteiger partial charge >= 0.3 is 12.2 Å². The number of carbonyl (C=O) groups is 1. The van der Waals surface area contributed by atoms with Crippen molar-refractivity contribution in [2.24, 2.45) is 0 Å². The minimum absolute atomic E-state index is 0.107. The number of carbonyl (C=O) groups excluding carboxylic acids is 1. The molecule has 0 saturated carbocycles. The van der Waals surface area contributed by atoms with Gasteiger partial charge in [0, 0.05) is 42.0 Å². The van der Waals surface area contributed by atoms with E-state index in [2.05, 4.69) is 41.1 Å². The number of hydrogen-bond donors (Lipinski definition) is 3. The first-order valence-corrected chi connectivity index (χ1v) is 12.4. The van der Waals surface area contributed by atoms with Crippen molar-refractivity contribution in [3.63, 3.8) is 0 Å². The summed E-state index contributed by atoms with van der Waals surface area (Å²) in [7, 11) is 0. The summed E-state index contributed by atoms with van der Waals surface area (Å²) in [6, 6.07) is 4.08. The Morgan fingerprint density at radius 3 is 2.84 bits per heavy atom. The van der Waals surface area contributed by atoms with Gasteiger partial charge in [-0.05, 0) is 30.7 Å². The molecule has 3 N–H and O–H groups in total. The van der Waals surface area contributed by atoms with Crippen LogP contribution in [0.15, 0.2) is 40.4 Å². The van der Waals surface area contributed by atoms with Crippen LogP contribution >= 0.6 is 11.3 Å². The van der Waals surface area contributed by atoms with E-state index in [1.807, 2.05) is 0 Å². The van der Waals surface area contributed by atoms with Crippen LogP contribution in [0.2, 0.25) is 0 Å². The maximum Gasteiger partial charge on any atom is 0.434 e. The van der Waals surface area contributed by atoms with Gasteiger partial charge in [0.2, 0.25) is 5.89 Å². The number of thiazole rings is 1. The smallest absolute Gasteiger partial charge is 0.417 e. The Bertz CT molecular complexity index is 1440. The minimum Gasteiger partial charge on any atom is -0.417 e. The molecule has 0 radical (unpaired) electrons. The van der Waals surface area contributed by atoms with Crippen molar-refractivity contribution >= 4 is 23.2 Å². The van der Waals surface area contributed by atoms with E-state index in [0.717, 1.165) is 16.7 Å². The third-order valence-corrected chi connectivity index (χ3v) is 6.33. The number of ether oxygens (including phenoxy) is 1. The average Bonchev–Trinajstić information content (AvgIpc) is 3.60. The van der Waals surface area contributed by atoms with Crippen molar-refractivity contribution in [2.75, 3.05) is 31.6 Å². The highest BCUT2D eigenvalue weighted by Gasteiger charge is 2.34. The highest BCUT2D eigenvalue weighted by Crippen LogP contribution is 2.39. The van der Waals surface area contributed by atoms with Crippen molar-refractivity contribution in [2.45, 2.75) is 19.1 Å². The lowest BCUT2D eigenvalue weighted by Gasteiger charge is -2.20. The van der Waals surface area contributed by atoms with E-state index in [1.54, 1.807) is 19.1 Å². The molecule has 1 aliphatic heterocycles. The highest BCUT2D eigenvalue weighted by molar-refractivity contribution is 7.13. The molecule has 38 heavy (non-hydrogen) atoms. The van der Waals surface area contributed by atoms with Gasteiger partial charge in [-0.15, -0.1) is 21.5 Å². The molecule has 1 fully saturated rings. The summed E-state index contributed by atoms with van der Waals surface area (Å²) in [6.07, 6.45) is -1.63. The molecule has 1 saturated heterocycles. The molecule has 1 atom stereocenters. The summed E-state index contributed by atoms with van der Waals surface area (Å²) in [5.41, 5.74) is 0.750. The Morgan fingerprint density at radius 2 is 2.11 bits per heavy atom. The van der Waals surface area contributed by atoms with Crippen molar-refractivity contribution in [3.05, 3.63) is 47.6 Å². The molecule has 0 unspecified atom stereocenters. The molecule has 0 aliphatic carbocycles. The zero-order valence-corrected chi connectivity index (χ0v) is 20.7. The zero-order valence-electron chi connectivity index (χ0n) is 19.9. The van der Waals surface area contributed by atoms with Crippen molar-refractivity contribution in [3.8, 4) is 33.3 Å². The van der Waals surface area contributed by atoms with Crippen LogP contribution in [0, 0.1) is 0 Å². The average molecular weight is 547 g/mol. The quantitative estimate of drug-likeness (QED) is 0.326. The van der Waals surface area contributed by atoms with Gasteiger partial charge in [0.05, 0.1) is 13.2 Å². The number of rotatable bonds is 6. The molecule has 4 aromatic heterocycles. The van der Waals surface area contributed by atoms with Gasteiger partial charge in [-0.3, -0.25) is 10.3 Å². The number of nitrogens with one attached hydrogen (secondary N) is 3. The maximum atomic E-state index is 13.3. The number of hydrogen-bond acceptors (Lipinski definition) is 10. The van der Waals surface area contributed by atoms with Crippen LogP contribution in [0.5, 0.6) is 0 Å². The number of alkyl halides is 3. The molecular weight excluding hydrogens is 525 g/mol. The first kappa shape index (κ1) is 25.7. The van der Waals surface area contributed by atoms with E-state index in [9.17, 15) is 18.0 Å². The molecule has 5 rings (SSSR count). The van der Waals surface area contributed by atoms with Gasteiger partial charge in [0.25, 0.3) is 5.89 Å². The second-order valence-electron chi connectivity index (χ2n) is 8.09. The third kappa shape index (κ3) is 5.64. The predicted octanol–water partition coefficient (Wildman–Crippen LogP) is 4.14. The second kappa shape index (κ2) is 10.8. The van der Waals surface area contributed by atoms with Crippen molar-refractivity contribution in [1.29, 1.82) is 0 Å². The van der Waals surface area contributed by atoms with Crippen LogP contribution in [-0.4, -0.2) is 57.5 Å². The van der Waals surface area contributed by atoms with Crippen molar-refractivity contribution in [1.82, 2.24) is 35.8 Å². The molecule has 1 aliphatic rings. The molecule has 2 amide bonds. The van der Waals surface area contributed by atoms with E-state index < -0.39 is 17.9 Å². The molecule has 5 heterocycles. The van der Waals surface area contributed by atoms with Gasteiger partial charge in [0.15, 0.2) is 5.69 Å². The van der Waals surface area contributed by atoms with Crippen LogP contribution < -0.4 is 16.0 Å². The lowest BCUT2D eigenvalue weighted by atomic mass is 10.0. The molecule has 11 nitrogen and oxygen atoms in total. The van der Waals surface area contributed by atoms with E-state index in [1.165, 1.54) is 18.5 Å². The second-order valence-corrected chi connectivity index (χ2v) is 8.95. The van der Waals surface area contributed by atoms with Gasteiger partial charge in [-0.2, -0.15) is 13.2 Å². The maximum absolute atomic E-state index is 13.3. The summed E-state index contributed by atoms with van der Waals surface area (Å²) in [6.45, 7) is 3.79. The summed E-state index contributed by atoms with van der Waals surface area (Å²) >= 11 is 0.833. The Hall–Kier alpha value is -3.95. The monoisotopic (exact) mass is 546 g/mol.